The quantitative estimate of drug-likeness (QED) is 0.649. The number of rotatable bonds is 3. The number of β-amino-alcohol motifs (C(OH)–C–C–N with tert-alkyl or cyclic N) is 1. The van der Waals surface area contributed by atoms with Crippen molar-refractivity contribution in [3.8, 4) is 0 Å². The van der Waals surface area contributed by atoms with E-state index in [2.05, 4.69) is 15.1 Å². The van der Waals surface area contributed by atoms with E-state index in [-0.39, 0.29) is 6.23 Å². The van der Waals surface area contributed by atoms with Crippen LogP contribution in [0, 0.1) is 11.8 Å². The van der Waals surface area contributed by atoms with Crippen molar-refractivity contribution in [1.82, 2.24) is 15.1 Å². The summed E-state index contributed by atoms with van der Waals surface area (Å²) in [6.45, 7) is 8.67. The number of likely N-dealkylation sites (tertiary alicyclic amines) is 1. The molecule has 3 aliphatic heterocycles. The molecule has 0 aliphatic carbocycles. The van der Waals surface area contributed by atoms with Gasteiger partial charge >= 0.3 is 0 Å². The third-order valence-corrected chi connectivity index (χ3v) is 4.35. The summed E-state index contributed by atoms with van der Waals surface area (Å²) in [5, 5.41) is 13.7. The topological polar surface area (TPSA) is 48.0 Å². The second-order valence-electron chi connectivity index (χ2n) is 5.53. The lowest BCUT2D eigenvalue weighted by Crippen LogP contribution is -2.48. The predicted octanol–water partition coefficient (Wildman–Crippen LogP) is -1.21. The zero-order valence-electron chi connectivity index (χ0n) is 10.3. The minimum absolute atomic E-state index is 0.314. The summed E-state index contributed by atoms with van der Waals surface area (Å²) in [6, 6.07) is 0. The highest BCUT2D eigenvalue weighted by Gasteiger charge is 2.37. The van der Waals surface area contributed by atoms with Crippen molar-refractivity contribution in [2.75, 3.05) is 59.0 Å². The zero-order chi connectivity index (χ0) is 11.7. The van der Waals surface area contributed by atoms with Gasteiger partial charge in [-0.25, -0.2) is 0 Å². The van der Waals surface area contributed by atoms with E-state index in [0.717, 1.165) is 70.9 Å². The number of aliphatic hydroxyl groups is 1. The van der Waals surface area contributed by atoms with Crippen molar-refractivity contribution in [3.63, 3.8) is 0 Å². The largest absolute Gasteiger partial charge is 0.379 e. The minimum atomic E-state index is -0.314. The standard InChI is InChI=1S/C12H23N3O2/c16-12(15-1-3-17-4-2-15)9-14-7-10-5-13-6-11(10)8-14/h10-13,16H,1-9H2/t10-,11+,12?. The first-order valence-electron chi connectivity index (χ1n) is 6.76. The van der Waals surface area contributed by atoms with Gasteiger partial charge in [0, 0.05) is 32.7 Å². The minimum Gasteiger partial charge on any atom is -0.379 e. The smallest absolute Gasteiger partial charge is 0.120 e. The molecule has 0 radical (unpaired) electrons. The molecule has 3 atom stereocenters. The van der Waals surface area contributed by atoms with Crippen molar-refractivity contribution >= 4 is 0 Å². The van der Waals surface area contributed by atoms with E-state index in [9.17, 15) is 5.11 Å². The van der Waals surface area contributed by atoms with Crippen molar-refractivity contribution < 1.29 is 9.84 Å². The molecule has 98 valence electrons. The lowest BCUT2D eigenvalue weighted by Gasteiger charge is -2.33. The molecular weight excluding hydrogens is 218 g/mol. The molecule has 0 aromatic rings. The first kappa shape index (κ1) is 11.9. The van der Waals surface area contributed by atoms with E-state index < -0.39 is 0 Å². The Hall–Kier alpha value is -0.200. The van der Waals surface area contributed by atoms with Crippen LogP contribution in [0.15, 0.2) is 0 Å². The maximum absolute atomic E-state index is 10.2. The summed E-state index contributed by atoms with van der Waals surface area (Å²) in [7, 11) is 0. The lowest BCUT2D eigenvalue weighted by molar-refractivity contribution is -0.0693. The van der Waals surface area contributed by atoms with Crippen molar-refractivity contribution in [2.45, 2.75) is 6.23 Å². The summed E-state index contributed by atoms with van der Waals surface area (Å²) < 4.78 is 5.31. The lowest BCUT2D eigenvalue weighted by atomic mass is 10.0. The summed E-state index contributed by atoms with van der Waals surface area (Å²) >= 11 is 0. The van der Waals surface area contributed by atoms with Crippen LogP contribution in [-0.4, -0.2) is 80.2 Å². The highest BCUT2D eigenvalue weighted by atomic mass is 16.5. The Morgan fingerprint density at radius 3 is 2.47 bits per heavy atom. The van der Waals surface area contributed by atoms with E-state index in [1.54, 1.807) is 0 Å². The molecule has 5 nitrogen and oxygen atoms in total. The maximum atomic E-state index is 10.2. The predicted molar refractivity (Wildman–Crippen MR) is 64.7 cm³/mol. The fourth-order valence-electron chi connectivity index (χ4n) is 3.32. The Morgan fingerprint density at radius 2 is 1.82 bits per heavy atom. The van der Waals surface area contributed by atoms with Gasteiger partial charge in [-0.15, -0.1) is 0 Å². The first-order valence-corrected chi connectivity index (χ1v) is 6.76. The number of aliphatic hydroxyl groups excluding tert-OH is 1. The Bertz CT molecular complexity index is 246. The van der Waals surface area contributed by atoms with E-state index in [1.165, 1.54) is 0 Å². The molecule has 0 bridgehead atoms. The number of fused-ring (bicyclic) bond motifs is 1. The molecule has 0 aromatic heterocycles. The van der Waals surface area contributed by atoms with Gasteiger partial charge in [-0.3, -0.25) is 9.80 Å². The van der Waals surface area contributed by atoms with E-state index in [4.69, 9.17) is 4.74 Å². The van der Waals surface area contributed by atoms with E-state index in [0.29, 0.717) is 0 Å². The van der Waals surface area contributed by atoms with Crippen LogP contribution < -0.4 is 5.32 Å². The average Bonchev–Trinajstić information content (AvgIpc) is 2.90. The number of hydrogen-bond donors (Lipinski definition) is 2. The highest BCUT2D eigenvalue weighted by molar-refractivity contribution is 4.91. The number of nitrogens with zero attached hydrogens (tertiary/aromatic N) is 2. The Kier molecular flexibility index (Phi) is 3.63. The second kappa shape index (κ2) is 5.20. The van der Waals surface area contributed by atoms with Gasteiger partial charge in [0.1, 0.15) is 6.23 Å². The molecule has 3 aliphatic rings. The van der Waals surface area contributed by atoms with Crippen LogP contribution in [0.1, 0.15) is 0 Å². The summed E-state index contributed by atoms with van der Waals surface area (Å²) in [4.78, 5) is 4.56. The molecule has 3 fully saturated rings. The molecule has 3 heterocycles. The fraction of sp³-hybridized carbons (Fsp3) is 1.00. The third kappa shape index (κ3) is 2.63. The monoisotopic (exact) mass is 241 g/mol. The van der Waals surface area contributed by atoms with Gasteiger partial charge in [-0.05, 0) is 24.9 Å². The Balaban J connectivity index is 1.46. The van der Waals surface area contributed by atoms with Gasteiger partial charge in [0.2, 0.25) is 0 Å². The Morgan fingerprint density at radius 1 is 1.18 bits per heavy atom. The molecule has 0 saturated carbocycles. The van der Waals surface area contributed by atoms with Crippen LogP contribution >= 0.6 is 0 Å². The van der Waals surface area contributed by atoms with Gasteiger partial charge < -0.3 is 15.2 Å². The SMILES string of the molecule is OC(CN1C[C@H]2CNC[C@H]2C1)N1CCOCC1. The second-order valence-corrected chi connectivity index (χ2v) is 5.53. The van der Waals surface area contributed by atoms with Crippen LogP contribution in [0.2, 0.25) is 0 Å². The van der Waals surface area contributed by atoms with Gasteiger partial charge in [0.05, 0.1) is 13.2 Å². The molecule has 3 saturated heterocycles. The molecule has 2 N–H and O–H groups in total. The fourth-order valence-corrected chi connectivity index (χ4v) is 3.32. The van der Waals surface area contributed by atoms with Crippen molar-refractivity contribution in [3.05, 3.63) is 0 Å². The molecule has 0 spiro atoms. The van der Waals surface area contributed by atoms with Gasteiger partial charge in [0.15, 0.2) is 0 Å². The number of morpholine rings is 1. The average molecular weight is 241 g/mol. The zero-order valence-corrected chi connectivity index (χ0v) is 10.3. The number of hydrogen-bond acceptors (Lipinski definition) is 5. The van der Waals surface area contributed by atoms with Crippen LogP contribution in [-0.2, 0) is 4.74 Å². The van der Waals surface area contributed by atoms with Crippen molar-refractivity contribution in [2.24, 2.45) is 11.8 Å². The molecular formula is C12H23N3O2. The van der Waals surface area contributed by atoms with Crippen LogP contribution in [0.25, 0.3) is 0 Å². The highest BCUT2D eigenvalue weighted by Crippen LogP contribution is 2.26. The molecule has 5 heteroatoms. The summed E-state index contributed by atoms with van der Waals surface area (Å²) in [5.74, 6) is 1.62. The molecule has 1 unspecified atom stereocenters. The normalized spacial score (nSPS) is 37.2. The third-order valence-electron chi connectivity index (χ3n) is 4.35. The van der Waals surface area contributed by atoms with Crippen LogP contribution in [0.4, 0.5) is 0 Å². The van der Waals surface area contributed by atoms with Gasteiger partial charge in [-0.2, -0.15) is 0 Å². The van der Waals surface area contributed by atoms with Crippen LogP contribution in [0.5, 0.6) is 0 Å². The molecule has 3 rings (SSSR count). The van der Waals surface area contributed by atoms with E-state index >= 15 is 0 Å². The van der Waals surface area contributed by atoms with Gasteiger partial charge in [-0.1, -0.05) is 0 Å². The molecule has 17 heavy (non-hydrogen) atoms. The van der Waals surface area contributed by atoms with Crippen molar-refractivity contribution in [1.29, 1.82) is 0 Å². The number of nitrogens with one attached hydrogen (secondary N) is 1. The first-order chi connectivity index (χ1) is 8.33. The van der Waals surface area contributed by atoms with Crippen LogP contribution in [0.3, 0.4) is 0 Å². The maximum Gasteiger partial charge on any atom is 0.120 e. The summed E-state index contributed by atoms with van der Waals surface area (Å²) in [6.07, 6.45) is -0.314. The molecule has 0 aromatic carbocycles. The summed E-state index contributed by atoms with van der Waals surface area (Å²) in [5.41, 5.74) is 0. The molecule has 0 amide bonds. The van der Waals surface area contributed by atoms with E-state index in [1.807, 2.05) is 0 Å². The van der Waals surface area contributed by atoms with Gasteiger partial charge in [0.25, 0.3) is 0 Å². The Labute approximate surface area is 103 Å². The number of ether oxygens (including phenoxy) is 1.